The van der Waals surface area contributed by atoms with E-state index in [1.165, 1.54) is 0 Å². The van der Waals surface area contributed by atoms with Crippen molar-refractivity contribution in [1.82, 2.24) is 10.6 Å². The molecule has 0 radical (unpaired) electrons. The summed E-state index contributed by atoms with van der Waals surface area (Å²) in [5, 5.41) is 15.1. The van der Waals surface area contributed by atoms with E-state index in [0.717, 1.165) is 38.8 Å². The number of nitriles is 1. The molecule has 1 saturated carbocycles. The van der Waals surface area contributed by atoms with Gasteiger partial charge in [0.25, 0.3) is 0 Å². The fourth-order valence-electron chi connectivity index (χ4n) is 2.47. The van der Waals surface area contributed by atoms with E-state index in [1.807, 2.05) is 0 Å². The predicted molar refractivity (Wildman–Crippen MR) is 55.9 cm³/mol. The van der Waals surface area contributed by atoms with Crippen molar-refractivity contribution in [3.05, 3.63) is 0 Å². The van der Waals surface area contributed by atoms with Gasteiger partial charge in [-0.25, -0.2) is 0 Å². The van der Waals surface area contributed by atoms with Crippen LogP contribution in [0, 0.1) is 23.2 Å². The van der Waals surface area contributed by atoms with Gasteiger partial charge >= 0.3 is 0 Å². The van der Waals surface area contributed by atoms with E-state index in [9.17, 15) is 4.79 Å². The number of nitrogens with zero attached hydrogens (tertiary/aromatic N) is 1. The number of rotatable bonds is 2. The van der Waals surface area contributed by atoms with Gasteiger partial charge < -0.3 is 10.6 Å². The van der Waals surface area contributed by atoms with Crippen LogP contribution in [0.1, 0.15) is 25.7 Å². The van der Waals surface area contributed by atoms with Gasteiger partial charge in [0.1, 0.15) is 0 Å². The number of nitrogens with one attached hydrogen (secondary N) is 2. The van der Waals surface area contributed by atoms with Gasteiger partial charge in [-0.2, -0.15) is 5.26 Å². The first kappa shape index (κ1) is 10.4. The molecule has 2 rings (SSSR count). The molecule has 3 unspecified atom stereocenters. The third kappa shape index (κ3) is 2.29. The van der Waals surface area contributed by atoms with Crippen LogP contribution in [0.3, 0.4) is 0 Å². The molecule has 1 aliphatic carbocycles. The Morgan fingerprint density at radius 1 is 1.40 bits per heavy atom. The predicted octanol–water partition coefficient (Wildman–Crippen LogP) is 0.404. The number of hydrogen-bond donors (Lipinski definition) is 2. The van der Waals surface area contributed by atoms with Gasteiger partial charge in [-0.1, -0.05) is 0 Å². The molecule has 2 aliphatic rings. The summed E-state index contributed by atoms with van der Waals surface area (Å²) in [5.74, 6) is 0.278. The molecule has 0 bridgehead atoms. The first-order valence-corrected chi connectivity index (χ1v) is 5.72. The molecule has 3 atom stereocenters. The molecule has 2 N–H and O–H groups in total. The van der Waals surface area contributed by atoms with Crippen LogP contribution in [-0.2, 0) is 4.79 Å². The largest absolute Gasteiger partial charge is 0.352 e. The Bertz CT molecular complexity index is 278. The smallest absolute Gasteiger partial charge is 0.224 e. The highest BCUT2D eigenvalue weighted by molar-refractivity contribution is 5.79. The molecule has 1 amide bonds. The van der Waals surface area contributed by atoms with Gasteiger partial charge in [-0.3, -0.25) is 4.79 Å². The maximum Gasteiger partial charge on any atom is 0.224 e. The molecule has 2 fully saturated rings. The van der Waals surface area contributed by atoms with E-state index in [0.29, 0.717) is 0 Å². The van der Waals surface area contributed by atoms with Gasteiger partial charge in [0.15, 0.2) is 0 Å². The van der Waals surface area contributed by atoms with Crippen LogP contribution in [0.2, 0.25) is 0 Å². The molecule has 82 valence electrons. The van der Waals surface area contributed by atoms with E-state index in [2.05, 4.69) is 16.7 Å². The molecule has 1 heterocycles. The van der Waals surface area contributed by atoms with Crippen molar-refractivity contribution in [2.45, 2.75) is 31.7 Å². The summed E-state index contributed by atoms with van der Waals surface area (Å²) in [7, 11) is 0. The van der Waals surface area contributed by atoms with E-state index < -0.39 is 0 Å². The molecule has 1 saturated heterocycles. The third-order valence-corrected chi connectivity index (χ3v) is 3.44. The van der Waals surface area contributed by atoms with Gasteiger partial charge in [0, 0.05) is 12.6 Å². The highest BCUT2D eigenvalue weighted by Crippen LogP contribution is 2.25. The van der Waals surface area contributed by atoms with Crippen LogP contribution in [0.15, 0.2) is 0 Å². The second-order valence-electron chi connectivity index (χ2n) is 4.47. The van der Waals surface area contributed by atoms with Crippen LogP contribution < -0.4 is 10.6 Å². The summed E-state index contributed by atoms with van der Waals surface area (Å²) in [5.41, 5.74) is 0. The summed E-state index contributed by atoms with van der Waals surface area (Å²) >= 11 is 0. The molecule has 0 aromatic heterocycles. The lowest BCUT2D eigenvalue weighted by Crippen LogP contribution is -2.41. The minimum Gasteiger partial charge on any atom is -0.352 e. The molecule has 0 aromatic rings. The topological polar surface area (TPSA) is 64.9 Å². The van der Waals surface area contributed by atoms with Gasteiger partial charge in [-0.15, -0.1) is 0 Å². The molecule has 1 aliphatic heterocycles. The first-order valence-electron chi connectivity index (χ1n) is 5.72. The number of amides is 1. The highest BCUT2D eigenvalue weighted by atomic mass is 16.2. The molecule has 15 heavy (non-hydrogen) atoms. The Balaban J connectivity index is 1.85. The number of hydrogen-bond acceptors (Lipinski definition) is 3. The third-order valence-electron chi connectivity index (χ3n) is 3.44. The standard InChI is InChI=1S/C11H17N3O/c12-6-8-2-1-3-10(8)14-11(15)9-4-5-13-7-9/h8-10,13H,1-5,7H2,(H,14,15). The summed E-state index contributed by atoms with van der Waals surface area (Å²) in [6.07, 6.45) is 3.89. The normalized spacial score (nSPS) is 35.0. The lowest BCUT2D eigenvalue weighted by molar-refractivity contribution is -0.125. The van der Waals surface area contributed by atoms with Crippen molar-refractivity contribution in [3.8, 4) is 6.07 Å². The average Bonchev–Trinajstić information content (AvgIpc) is 2.87. The SMILES string of the molecule is N#CC1CCCC1NC(=O)C1CCNC1. The lowest BCUT2D eigenvalue weighted by Gasteiger charge is -2.18. The van der Waals surface area contributed by atoms with Crippen LogP contribution in [0.4, 0.5) is 0 Å². The maximum atomic E-state index is 11.8. The van der Waals surface area contributed by atoms with Gasteiger partial charge in [0.05, 0.1) is 17.9 Å². The lowest BCUT2D eigenvalue weighted by atomic mass is 10.0. The Kier molecular flexibility index (Phi) is 3.22. The van der Waals surface area contributed by atoms with Gasteiger partial charge in [-0.05, 0) is 32.2 Å². The summed E-state index contributed by atoms with van der Waals surface area (Å²) in [6.45, 7) is 1.72. The molecule has 4 heteroatoms. The fraction of sp³-hybridized carbons (Fsp3) is 0.818. The Morgan fingerprint density at radius 2 is 2.27 bits per heavy atom. The van der Waals surface area contributed by atoms with Crippen LogP contribution in [0.25, 0.3) is 0 Å². The summed E-state index contributed by atoms with van der Waals surface area (Å²) in [6, 6.07) is 2.38. The second kappa shape index (κ2) is 4.63. The van der Waals surface area contributed by atoms with Crippen molar-refractivity contribution in [2.75, 3.05) is 13.1 Å². The monoisotopic (exact) mass is 207 g/mol. The van der Waals surface area contributed by atoms with Crippen LogP contribution in [-0.4, -0.2) is 25.0 Å². The molecule has 4 nitrogen and oxygen atoms in total. The Morgan fingerprint density at radius 3 is 2.93 bits per heavy atom. The summed E-state index contributed by atoms with van der Waals surface area (Å²) < 4.78 is 0. The minimum absolute atomic E-state index is 0.0308. The van der Waals surface area contributed by atoms with Crippen molar-refractivity contribution < 1.29 is 4.79 Å². The van der Waals surface area contributed by atoms with E-state index in [1.54, 1.807) is 0 Å². The Hall–Kier alpha value is -1.08. The molecular weight excluding hydrogens is 190 g/mol. The molecule has 0 spiro atoms. The maximum absolute atomic E-state index is 11.8. The van der Waals surface area contributed by atoms with Crippen LogP contribution in [0.5, 0.6) is 0 Å². The van der Waals surface area contributed by atoms with Crippen molar-refractivity contribution in [1.29, 1.82) is 5.26 Å². The van der Waals surface area contributed by atoms with Crippen LogP contribution >= 0.6 is 0 Å². The average molecular weight is 207 g/mol. The number of carbonyl (C=O) groups excluding carboxylic acids is 1. The highest BCUT2D eigenvalue weighted by Gasteiger charge is 2.31. The van der Waals surface area contributed by atoms with Gasteiger partial charge in [0.2, 0.25) is 5.91 Å². The van der Waals surface area contributed by atoms with E-state index in [-0.39, 0.29) is 23.8 Å². The molecule has 0 aromatic carbocycles. The zero-order valence-corrected chi connectivity index (χ0v) is 8.83. The number of carbonyl (C=O) groups is 1. The quantitative estimate of drug-likeness (QED) is 0.689. The van der Waals surface area contributed by atoms with Crippen molar-refractivity contribution in [3.63, 3.8) is 0 Å². The molecular formula is C11H17N3O. The minimum atomic E-state index is 0.0308. The van der Waals surface area contributed by atoms with Crippen molar-refractivity contribution in [2.24, 2.45) is 11.8 Å². The zero-order valence-electron chi connectivity index (χ0n) is 8.83. The summed E-state index contributed by atoms with van der Waals surface area (Å²) in [4.78, 5) is 11.8. The fourth-order valence-corrected chi connectivity index (χ4v) is 2.47. The van der Waals surface area contributed by atoms with E-state index >= 15 is 0 Å². The first-order chi connectivity index (χ1) is 7.31. The van der Waals surface area contributed by atoms with E-state index in [4.69, 9.17) is 5.26 Å². The second-order valence-corrected chi connectivity index (χ2v) is 4.47. The zero-order chi connectivity index (χ0) is 10.7. The van der Waals surface area contributed by atoms with Crippen molar-refractivity contribution >= 4 is 5.91 Å². The Labute approximate surface area is 90.0 Å².